The van der Waals surface area contributed by atoms with E-state index >= 15 is 0 Å². The van der Waals surface area contributed by atoms with E-state index in [1.165, 1.54) is 11.3 Å². The fraction of sp³-hybridized carbons (Fsp3) is 0.500. The van der Waals surface area contributed by atoms with Gasteiger partial charge in [-0.2, -0.15) is 0 Å². The third kappa shape index (κ3) is 2.42. The Morgan fingerprint density at radius 3 is 2.85 bits per heavy atom. The maximum atomic E-state index is 10.5. The Labute approximate surface area is 86.3 Å². The van der Waals surface area contributed by atoms with Crippen molar-refractivity contribution in [1.29, 1.82) is 0 Å². The zero-order chi connectivity index (χ0) is 9.84. The highest BCUT2D eigenvalue weighted by Gasteiger charge is 2.10. The number of hydrogen-bond donors (Lipinski definition) is 0. The number of aromatic nitrogens is 1. The number of anilines is 1. The van der Waals surface area contributed by atoms with Crippen molar-refractivity contribution in [2.24, 2.45) is 0 Å². The lowest BCUT2D eigenvalue weighted by molar-refractivity contribution is 0.112. The van der Waals surface area contributed by atoms with Crippen molar-refractivity contribution in [3.8, 4) is 0 Å². The molecule has 13 heavy (non-hydrogen) atoms. The minimum absolute atomic E-state index is 0.304. The summed E-state index contributed by atoms with van der Waals surface area (Å²) < 4.78 is 0. The van der Waals surface area contributed by atoms with E-state index in [4.69, 9.17) is 11.6 Å². The molecule has 0 aliphatic rings. The van der Waals surface area contributed by atoms with Gasteiger partial charge >= 0.3 is 0 Å². The summed E-state index contributed by atoms with van der Waals surface area (Å²) in [5.74, 6) is 0. The van der Waals surface area contributed by atoms with Gasteiger partial charge in [0.25, 0.3) is 0 Å². The summed E-state index contributed by atoms with van der Waals surface area (Å²) in [5, 5.41) is 1.10. The number of aldehydes is 1. The lowest BCUT2D eigenvalue weighted by Crippen LogP contribution is -2.17. The summed E-state index contributed by atoms with van der Waals surface area (Å²) >= 11 is 7.05. The second-order valence-corrected chi connectivity index (χ2v) is 4.06. The molecule has 3 nitrogen and oxygen atoms in total. The van der Waals surface area contributed by atoms with E-state index in [9.17, 15) is 4.79 Å². The van der Waals surface area contributed by atoms with Gasteiger partial charge in [-0.1, -0.05) is 29.9 Å². The standard InChI is InChI=1S/C8H11ClN2OS/c1-3-4-11(2)8-10-7(9)6(5-12)13-8/h5H,3-4H2,1-2H3. The van der Waals surface area contributed by atoms with Gasteiger partial charge in [-0.15, -0.1) is 0 Å². The molecule has 0 bridgehead atoms. The highest BCUT2D eigenvalue weighted by Crippen LogP contribution is 2.27. The molecule has 0 saturated carbocycles. The first-order valence-corrected chi connectivity index (χ1v) is 5.21. The lowest BCUT2D eigenvalue weighted by Gasteiger charge is -2.13. The Hall–Kier alpha value is -0.610. The maximum absolute atomic E-state index is 10.5. The molecule has 0 aromatic carbocycles. The number of thiazole rings is 1. The minimum atomic E-state index is 0.304. The summed E-state index contributed by atoms with van der Waals surface area (Å²) in [6.45, 7) is 3.01. The fourth-order valence-electron chi connectivity index (χ4n) is 0.969. The molecule has 0 unspecified atom stereocenters. The van der Waals surface area contributed by atoms with Crippen molar-refractivity contribution in [2.45, 2.75) is 13.3 Å². The first-order chi connectivity index (χ1) is 6.19. The Kier molecular flexibility index (Phi) is 3.69. The predicted molar refractivity (Wildman–Crippen MR) is 56.1 cm³/mol. The molecule has 1 rings (SSSR count). The number of carbonyl (C=O) groups excluding carboxylic acids is 1. The van der Waals surface area contributed by atoms with Gasteiger partial charge in [-0.05, 0) is 6.42 Å². The van der Waals surface area contributed by atoms with Crippen LogP contribution in [-0.2, 0) is 0 Å². The smallest absolute Gasteiger partial charge is 0.187 e. The number of nitrogens with zero attached hydrogens (tertiary/aromatic N) is 2. The molecule has 0 amide bonds. The summed E-state index contributed by atoms with van der Waals surface area (Å²) in [6, 6.07) is 0. The molecule has 0 saturated heterocycles. The van der Waals surface area contributed by atoms with Gasteiger partial charge in [0.2, 0.25) is 0 Å². The van der Waals surface area contributed by atoms with Crippen LogP contribution < -0.4 is 4.90 Å². The SMILES string of the molecule is CCCN(C)c1nc(Cl)c(C=O)s1. The van der Waals surface area contributed by atoms with Crippen molar-refractivity contribution in [3.63, 3.8) is 0 Å². The molecule has 0 aliphatic carbocycles. The maximum Gasteiger partial charge on any atom is 0.187 e. The zero-order valence-electron chi connectivity index (χ0n) is 7.58. The van der Waals surface area contributed by atoms with Gasteiger partial charge in [0, 0.05) is 13.6 Å². The quantitative estimate of drug-likeness (QED) is 0.728. The van der Waals surface area contributed by atoms with Crippen LogP contribution in [-0.4, -0.2) is 24.9 Å². The van der Waals surface area contributed by atoms with E-state index in [2.05, 4.69) is 11.9 Å². The molecule has 0 radical (unpaired) electrons. The topological polar surface area (TPSA) is 33.2 Å². The number of halogens is 1. The van der Waals surface area contributed by atoms with Gasteiger partial charge in [-0.3, -0.25) is 4.79 Å². The van der Waals surface area contributed by atoms with Crippen LogP contribution in [0.25, 0.3) is 0 Å². The molecule has 0 spiro atoms. The molecular weight excluding hydrogens is 208 g/mol. The van der Waals surface area contributed by atoms with Crippen molar-refractivity contribution in [3.05, 3.63) is 10.0 Å². The van der Waals surface area contributed by atoms with Crippen LogP contribution in [0.2, 0.25) is 5.15 Å². The number of rotatable bonds is 4. The third-order valence-corrected chi connectivity index (χ3v) is 3.09. The monoisotopic (exact) mass is 218 g/mol. The van der Waals surface area contributed by atoms with Gasteiger partial charge in [0.15, 0.2) is 16.6 Å². The van der Waals surface area contributed by atoms with Crippen LogP contribution >= 0.6 is 22.9 Å². The molecule has 0 fully saturated rings. The summed E-state index contributed by atoms with van der Waals surface area (Å²) in [4.78, 5) is 17.1. The molecule has 0 N–H and O–H groups in total. The number of carbonyl (C=O) groups is 1. The highest BCUT2D eigenvalue weighted by atomic mass is 35.5. The first kappa shape index (κ1) is 10.5. The zero-order valence-corrected chi connectivity index (χ0v) is 9.15. The summed E-state index contributed by atoms with van der Waals surface area (Å²) in [7, 11) is 1.94. The first-order valence-electron chi connectivity index (χ1n) is 4.01. The summed E-state index contributed by atoms with van der Waals surface area (Å²) in [6.07, 6.45) is 1.79. The van der Waals surface area contributed by atoms with Crippen molar-refractivity contribution < 1.29 is 4.79 Å². The molecule has 72 valence electrons. The lowest BCUT2D eigenvalue weighted by atomic mass is 10.5. The van der Waals surface area contributed by atoms with Crippen molar-refractivity contribution in [2.75, 3.05) is 18.5 Å². The Balaban J connectivity index is 2.83. The van der Waals surface area contributed by atoms with Gasteiger partial charge in [-0.25, -0.2) is 4.98 Å². The second kappa shape index (κ2) is 4.58. The molecule has 0 aliphatic heterocycles. The molecule has 1 aromatic rings. The fourth-order valence-corrected chi connectivity index (χ4v) is 2.02. The van der Waals surface area contributed by atoms with Gasteiger partial charge in [0.1, 0.15) is 4.88 Å². The van der Waals surface area contributed by atoms with E-state index in [1.54, 1.807) is 0 Å². The normalized spacial score (nSPS) is 10.1. The molecule has 0 atom stereocenters. The van der Waals surface area contributed by atoms with E-state index in [-0.39, 0.29) is 0 Å². The van der Waals surface area contributed by atoms with E-state index in [0.29, 0.717) is 10.0 Å². The van der Waals surface area contributed by atoms with E-state index < -0.39 is 0 Å². The Morgan fingerprint density at radius 2 is 2.38 bits per heavy atom. The largest absolute Gasteiger partial charge is 0.351 e. The van der Waals surface area contributed by atoms with Crippen molar-refractivity contribution >= 4 is 34.4 Å². The van der Waals surface area contributed by atoms with Crippen LogP contribution in [0.1, 0.15) is 23.0 Å². The van der Waals surface area contributed by atoms with E-state index in [0.717, 1.165) is 24.4 Å². The van der Waals surface area contributed by atoms with Crippen LogP contribution in [0.3, 0.4) is 0 Å². The van der Waals surface area contributed by atoms with Crippen LogP contribution in [0.4, 0.5) is 5.13 Å². The molecule has 1 heterocycles. The predicted octanol–water partition coefficient (Wildman–Crippen LogP) is 2.46. The van der Waals surface area contributed by atoms with Crippen molar-refractivity contribution in [1.82, 2.24) is 4.98 Å². The van der Waals surface area contributed by atoms with E-state index in [1.807, 2.05) is 11.9 Å². The van der Waals surface area contributed by atoms with Crippen LogP contribution in [0.15, 0.2) is 0 Å². The highest BCUT2D eigenvalue weighted by molar-refractivity contribution is 7.17. The van der Waals surface area contributed by atoms with Crippen LogP contribution in [0, 0.1) is 0 Å². The second-order valence-electron chi connectivity index (χ2n) is 2.69. The molecular formula is C8H11ClN2OS. The van der Waals surface area contributed by atoms with Gasteiger partial charge < -0.3 is 4.90 Å². The van der Waals surface area contributed by atoms with Gasteiger partial charge in [0.05, 0.1) is 0 Å². The summed E-state index contributed by atoms with van der Waals surface area (Å²) in [5.41, 5.74) is 0. The average molecular weight is 219 g/mol. The number of hydrogen-bond acceptors (Lipinski definition) is 4. The molecule has 1 aromatic heterocycles. The Morgan fingerprint density at radius 1 is 1.69 bits per heavy atom. The Bertz CT molecular complexity index is 300. The minimum Gasteiger partial charge on any atom is -0.351 e. The average Bonchev–Trinajstić information content (AvgIpc) is 2.47. The molecule has 5 heteroatoms. The van der Waals surface area contributed by atoms with Crippen LogP contribution in [0.5, 0.6) is 0 Å². The third-order valence-electron chi connectivity index (χ3n) is 1.59.